The molecule has 1 saturated carbocycles. The van der Waals surface area contributed by atoms with E-state index in [0.29, 0.717) is 21.5 Å². The molecular formula is C29H27Cl2NO2S. The van der Waals surface area contributed by atoms with E-state index in [1.807, 2.05) is 47.4 Å². The zero-order chi connectivity index (χ0) is 24.4. The van der Waals surface area contributed by atoms with Crippen LogP contribution in [-0.4, -0.2) is 24.0 Å². The molecule has 1 heterocycles. The van der Waals surface area contributed by atoms with Gasteiger partial charge < -0.3 is 9.64 Å². The molecule has 1 amide bonds. The van der Waals surface area contributed by atoms with Crippen molar-refractivity contribution in [1.29, 1.82) is 0 Å². The number of hydrogen-bond donors (Lipinski definition) is 0. The van der Waals surface area contributed by atoms with Gasteiger partial charge in [-0.25, -0.2) is 0 Å². The number of carbonyl (C=O) groups excluding carboxylic acids is 1. The lowest BCUT2D eigenvalue weighted by molar-refractivity contribution is 0.0619. The van der Waals surface area contributed by atoms with E-state index in [1.54, 1.807) is 13.2 Å². The number of ether oxygens (including phenoxy) is 1. The van der Waals surface area contributed by atoms with E-state index in [0.717, 1.165) is 58.2 Å². The Morgan fingerprint density at radius 3 is 2.54 bits per heavy atom. The van der Waals surface area contributed by atoms with E-state index in [9.17, 15) is 4.79 Å². The van der Waals surface area contributed by atoms with Crippen LogP contribution in [0.5, 0.6) is 5.75 Å². The molecule has 6 heteroatoms. The van der Waals surface area contributed by atoms with Crippen molar-refractivity contribution in [3.05, 3.63) is 87.2 Å². The number of nitrogens with zero attached hydrogens (tertiary/aromatic N) is 1. The average Bonchev–Trinajstić information content (AvgIpc) is 3.23. The topological polar surface area (TPSA) is 29.5 Å². The van der Waals surface area contributed by atoms with E-state index in [-0.39, 0.29) is 11.9 Å². The smallest absolute Gasteiger partial charge is 0.266 e. The molecule has 0 saturated heterocycles. The Labute approximate surface area is 220 Å². The zero-order valence-corrected chi connectivity index (χ0v) is 21.9. The Bertz CT molecular complexity index is 1360. The summed E-state index contributed by atoms with van der Waals surface area (Å²) in [6.07, 6.45) is 5.58. The van der Waals surface area contributed by atoms with Gasteiger partial charge in [-0.1, -0.05) is 78.9 Å². The molecule has 3 aromatic carbocycles. The van der Waals surface area contributed by atoms with E-state index < -0.39 is 0 Å². The van der Waals surface area contributed by atoms with E-state index in [2.05, 4.69) is 18.2 Å². The van der Waals surface area contributed by atoms with Crippen molar-refractivity contribution in [2.75, 3.05) is 7.11 Å². The number of carbonyl (C=O) groups is 1. The number of rotatable bonds is 6. The number of hydrogen-bond acceptors (Lipinski definition) is 3. The van der Waals surface area contributed by atoms with Crippen molar-refractivity contribution in [3.63, 3.8) is 0 Å². The average molecular weight is 525 g/mol. The second-order valence-electron chi connectivity index (χ2n) is 9.05. The predicted molar refractivity (Wildman–Crippen MR) is 147 cm³/mol. The van der Waals surface area contributed by atoms with Crippen LogP contribution in [0.2, 0.25) is 10.0 Å². The molecule has 4 aromatic rings. The summed E-state index contributed by atoms with van der Waals surface area (Å²) in [6, 6.07) is 22.2. The Morgan fingerprint density at radius 1 is 0.971 bits per heavy atom. The molecule has 35 heavy (non-hydrogen) atoms. The molecule has 5 rings (SSSR count). The van der Waals surface area contributed by atoms with Crippen LogP contribution in [-0.2, 0) is 6.54 Å². The first-order valence-corrected chi connectivity index (χ1v) is 13.5. The molecule has 1 aromatic heterocycles. The standard InChI is InChI=1S/C29H27Cl2NO2S/c1-34-24-16-21(15-22(30)17-24)20-9-7-8-19(14-20)18-32(23-10-3-2-4-11-23)29(33)28-27(31)25-12-5-6-13-26(25)35-28/h5-9,12-17,23H,2-4,10-11,18H2,1H3. The first-order valence-electron chi connectivity index (χ1n) is 12.0. The van der Waals surface area contributed by atoms with Crippen LogP contribution in [0.15, 0.2) is 66.7 Å². The Morgan fingerprint density at radius 2 is 1.77 bits per heavy atom. The molecule has 0 bridgehead atoms. The third-order valence-corrected chi connectivity index (χ3v) is 8.61. The lowest BCUT2D eigenvalue weighted by Crippen LogP contribution is -2.40. The molecule has 1 fully saturated rings. The molecule has 0 spiro atoms. The summed E-state index contributed by atoms with van der Waals surface area (Å²) >= 11 is 14.5. The van der Waals surface area contributed by atoms with E-state index in [4.69, 9.17) is 27.9 Å². The third-order valence-electron chi connectivity index (χ3n) is 6.73. The molecular weight excluding hydrogens is 497 g/mol. The normalized spacial score (nSPS) is 14.3. The molecule has 0 aliphatic heterocycles. The minimum atomic E-state index is 0.0259. The van der Waals surface area contributed by atoms with Gasteiger partial charge >= 0.3 is 0 Å². The Kier molecular flexibility index (Phi) is 7.33. The number of fused-ring (bicyclic) bond motifs is 1. The molecule has 3 nitrogen and oxygen atoms in total. The monoisotopic (exact) mass is 523 g/mol. The first-order chi connectivity index (χ1) is 17.0. The summed E-state index contributed by atoms with van der Waals surface area (Å²) in [5, 5.41) is 2.14. The highest BCUT2D eigenvalue weighted by Gasteiger charge is 2.29. The van der Waals surface area contributed by atoms with Crippen molar-refractivity contribution in [2.24, 2.45) is 0 Å². The van der Waals surface area contributed by atoms with Gasteiger partial charge in [0.25, 0.3) is 5.91 Å². The fourth-order valence-electron chi connectivity index (χ4n) is 4.93. The van der Waals surface area contributed by atoms with Crippen LogP contribution < -0.4 is 4.74 Å². The van der Waals surface area contributed by atoms with Gasteiger partial charge in [0.05, 0.1) is 12.1 Å². The quantitative estimate of drug-likeness (QED) is 0.252. The van der Waals surface area contributed by atoms with Crippen molar-refractivity contribution < 1.29 is 9.53 Å². The third kappa shape index (κ3) is 5.20. The zero-order valence-electron chi connectivity index (χ0n) is 19.6. The SMILES string of the molecule is COc1cc(Cl)cc(-c2cccc(CN(C(=O)c3sc4ccccc4c3Cl)C3CCCCC3)c2)c1. The van der Waals surface area contributed by atoms with E-state index in [1.165, 1.54) is 17.8 Å². The molecule has 0 atom stereocenters. The molecule has 0 unspecified atom stereocenters. The number of methoxy groups -OCH3 is 1. The number of thiophene rings is 1. The van der Waals surface area contributed by atoms with Gasteiger partial charge in [0.2, 0.25) is 0 Å². The van der Waals surface area contributed by atoms with Crippen molar-refractivity contribution >= 4 is 50.5 Å². The fourth-order valence-corrected chi connectivity index (χ4v) is 6.63. The van der Waals surface area contributed by atoms with Gasteiger partial charge in [0.15, 0.2) is 0 Å². The first kappa shape index (κ1) is 24.2. The van der Waals surface area contributed by atoms with Crippen LogP contribution in [0, 0.1) is 0 Å². The number of benzene rings is 3. The summed E-state index contributed by atoms with van der Waals surface area (Å²) in [5.74, 6) is 0.745. The number of amides is 1. The second kappa shape index (κ2) is 10.6. The number of halogens is 2. The second-order valence-corrected chi connectivity index (χ2v) is 10.9. The van der Waals surface area contributed by atoms with Gasteiger partial charge in [0, 0.05) is 27.7 Å². The maximum Gasteiger partial charge on any atom is 0.266 e. The van der Waals surface area contributed by atoms with Crippen LogP contribution >= 0.6 is 34.5 Å². The van der Waals surface area contributed by atoms with Crippen LogP contribution in [0.4, 0.5) is 0 Å². The van der Waals surface area contributed by atoms with Gasteiger partial charge in [-0.15, -0.1) is 11.3 Å². The summed E-state index contributed by atoms with van der Waals surface area (Å²) < 4.78 is 6.44. The van der Waals surface area contributed by atoms with E-state index >= 15 is 0 Å². The highest BCUT2D eigenvalue weighted by atomic mass is 35.5. The Balaban J connectivity index is 1.49. The minimum Gasteiger partial charge on any atom is -0.497 e. The van der Waals surface area contributed by atoms with Crippen LogP contribution in [0.3, 0.4) is 0 Å². The van der Waals surface area contributed by atoms with Crippen LogP contribution in [0.25, 0.3) is 21.2 Å². The predicted octanol–water partition coefficient (Wildman–Crippen LogP) is 8.86. The maximum atomic E-state index is 13.9. The highest BCUT2D eigenvalue weighted by molar-refractivity contribution is 7.21. The van der Waals surface area contributed by atoms with Crippen molar-refractivity contribution in [1.82, 2.24) is 4.90 Å². The fraction of sp³-hybridized carbons (Fsp3) is 0.276. The van der Waals surface area contributed by atoms with Gasteiger partial charge in [-0.3, -0.25) is 4.79 Å². The summed E-state index contributed by atoms with van der Waals surface area (Å²) in [7, 11) is 1.64. The molecule has 1 aliphatic carbocycles. The summed E-state index contributed by atoms with van der Waals surface area (Å²) in [4.78, 5) is 16.6. The lowest BCUT2D eigenvalue weighted by Gasteiger charge is -2.34. The lowest BCUT2D eigenvalue weighted by atomic mass is 9.93. The highest BCUT2D eigenvalue weighted by Crippen LogP contribution is 2.38. The van der Waals surface area contributed by atoms with Crippen molar-refractivity contribution in [3.8, 4) is 16.9 Å². The molecule has 0 radical (unpaired) electrons. The van der Waals surface area contributed by atoms with Gasteiger partial charge in [-0.2, -0.15) is 0 Å². The molecule has 180 valence electrons. The minimum absolute atomic E-state index is 0.0259. The summed E-state index contributed by atoms with van der Waals surface area (Å²) in [5.41, 5.74) is 3.11. The molecule has 0 N–H and O–H groups in total. The maximum absolute atomic E-state index is 13.9. The van der Waals surface area contributed by atoms with Gasteiger partial charge in [-0.05, 0) is 59.9 Å². The van der Waals surface area contributed by atoms with Crippen LogP contribution in [0.1, 0.15) is 47.3 Å². The van der Waals surface area contributed by atoms with Gasteiger partial charge in [0.1, 0.15) is 10.6 Å². The molecule has 1 aliphatic rings. The largest absolute Gasteiger partial charge is 0.497 e. The Hall–Kier alpha value is -2.53. The summed E-state index contributed by atoms with van der Waals surface area (Å²) in [6.45, 7) is 0.541. The van der Waals surface area contributed by atoms with Crippen molar-refractivity contribution in [2.45, 2.75) is 44.7 Å².